The molecule has 1 atom stereocenters. The molecule has 0 spiro atoms. The van der Waals surface area contributed by atoms with E-state index in [1.54, 1.807) is 4.90 Å². The molecule has 146 valence electrons. The molecule has 0 bridgehead atoms. The van der Waals surface area contributed by atoms with Gasteiger partial charge in [-0.15, -0.1) is 0 Å². The first-order chi connectivity index (χ1) is 12.9. The minimum atomic E-state index is -0.715. The van der Waals surface area contributed by atoms with Gasteiger partial charge in [0, 0.05) is 25.2 Å². The van der Waals surface area contributed by atoms with Gasteiger partial charge in [-0.2, -0.15) is 0 Å². The summed E-state index contributed by atoms with van der Waals surface area (Å²) in [5, 5.41) is 4.55. The zero-order chi connectivity index (χ0) is 19.8. The third kappa shape index (κ3) is 5.80. The highest BCUT2D eigenvalue weighted by Crippen LogP contribution is 2.26. The molecule has 1 aromatic rings. The summed E-state index contributed by atoms with van der Waals surface area (Å²) in [5.74, 6) is -2.14. The molecule has 0 unspecified atom stereocenters. The Morgan fingerprint density at radius 1 is 1.19 bits per heavy atom. The molecule has 0 aromatic heterocycles. The predicted octanol–water partition coefficient (Wildman–Crippen LogP) is 1.38. The van der Waals surface area contributed by atoms with Gasteiger partial charge in [-0.3, -0.25) is 19.7 Å². The number of esters is 1. The van der Waals surface area contributed by atoms with Crippen LogP contribution in [0, 0.1) is 5.92 Å². The van der Waals surface area contributed by atoms with E-state index in [0.29, 0.717) is 6.54 Å². The topological polar surface area (TPSA) is 105 Å². The monoisotopic (exact) mass is 375 g/mol. The number of nitrogens with zero attached hydrogens (tertiary/aromatic N) is 1. The van der Waals surface area contributed by atoms with Gasteiger partial charge in [-0.25, -0.2) is 4.79 Å². The fourth-order valence-corrected chi connectivity index (χ4v) is 2.73. The highest BCUT2D eigenvalue weighted by atomic mass is 16.5. The van der Waals surface area contributed by atoms with Crippen LogP contribution in [0.15, 0.2) is 24.3 Å². The largest absolute Gasteiger partial charge is 0.455 e. The van der Waals surface area contributed by atoms with Gasteiger partial charge in [0.1, 0.15) is 0 Å². The lowest BCUT2D eigenvalue weighted by molar-refractivity contribution is -0.152. The van der Waals surface area contributed by atoms with Crippen molar-refractivity contribution in [3.8, 4) is 0 Å². The first kappa shape index (κ1) is 20.4. The molecule has 1 aliphatic heterocycles. The molecule has 0 aliphatic carbocycles. The molecule has 1 aliphatic rings. The Bertz CT molecular complexity index is 702. The summed E-state index contributed by atoms with van der Waals surface area (Å²) < 4.78 is 4.95. The lowest BCUT2D eigenvalue weighted by atomic mass is 10.1. The molecule has 1 saturated heterocycles. The fourth-order valence-electron chi connectivity index (χ4n) is 2.73. The van der Waals surface area contributed by atoms with Crippen LogP contribution in [0.1, 0.15) is 32.3 Å². The summed E-state index contributed by atoms with van der Waals surface area (Å²) in [4.78, 5) is 48.9. The number of hydrogen-bond donors (Lipinski definition) is 2. The van der Waals surface area contributed by atoms with E-state index in [-0.39, 0.29) is 18.9 Å². The number of rotatable bonds is 7. The second kappa shape index (κ2) is 9.70. The van der Waals surface area contributed by atoms with E-state index < -0.39 is 30.4 Å². The van der Waals surface area contributed by atoms with Crippen molar-refractivity contribution in [2.45, 2.75) is 33.1 Å². The number of nitrogens with one attached hydrogen (secondary N) is 2. The Morgan fingerprint density at radius 2 is 1.89 bits per heavy atom. The number of carbonyl (C=O) groups is 4. The molecule has 2 rings (SSSR count). The van der Waals surface area contributed by atoms with Crippen LogP contribution in [0.4, 0.5) is 10.5 Å². The molecule has 8 heteroatoms. The van der Waals surface area contributed by atoms with Crippen molar-refractivity contribution < 1.29 is 23.9 Å². The van der Waals surface area contributed by atoms with Crippen LogP contribution in [-0.4, -0.2) is 43.5 Å². The number of hydrogen-bond acceptors (Lipinski definition) is 5. The van der Waals surface area contributed by atoms with E-state index in [0.717, 1.165) is 24.1 Å². The van der Waals surface area contributed by atoms with E-state index in [2.05, 4.69) is 10.6 Å². The van der Waals surface area contributed by atoms with Crippen LogP contribution in [0.3, 0.4) is 0 Å². The fraction of sp³-hybridized carbons (Fsp3) is 0.474. The third-order valence-electron chi connectivity index (χ3n) is 4.25. The standard InChI is InChI=1S/C19H25N3O5/c1-3-9-20-19(26)21-16(23)12-27-18(25)14-10-17(24)22(11-14)15-7-5-13(4-2)6-8-15/h5-8,14H,3-4,9-12H2,1-2H3,(H2,20,21,23,26)/t14-/m1/s1. The quantitative estimate of drug-likeness (QED) is 0.701. The van der Waals surface area contributed by atoms with Crippen molar-refractivity contribution in [2.24, 2.45) is 5.92 Å². The second-order valence-electron chi connectivity index (χ2n) is 6.34. The molecule has 0 radical (unpaired) electrons. The number of carbonyl (C=O) groups excluding carboxylic acids is 4. The number of aryl methyl sites for hydroxylation is 1. The average molecular weight is 375 g/mol. The maximum Gasteiger partial charge on any atom is 0.321 e. The predicted molar refractivity (Wildman–Crippen MR) is 99.1 cm³/mol. The van der Waals surface area contributed by atoms with Crippen LogP contribution in [0.5, 0.6) is 0 Å². The highest BCUT2D eigenvalue weighted by molar-refractivity contribution is 6.00. The van der Waals surface area contributed by atoms with Crippen molar-refractivity contribution in [1.29, 1.82) is 0 Å². The third-order valence-corrected chi connectivity index (χ3v) is 4.25. The molecular formula is C19H25N3O5. The number of ether oxygens (including phenoxy) is 1. The van der Waals surface area contributed by atoms with Crippen molar-refractivity contribution in [3.63, 3.8) is 0 Å². The highest BCUT2D eigenvalue weighted by Gasteiger charge is 2.36. The smallest absolute Gasteiger partial charge is 0.321 e. The zero-order valence-corrected chi connectivity index (χ0v) is 15.6. The Balaban J connectivity index is 1.82. The van der Waals surface area contributed by atoms with Crippen LogP contribution in [0.25, 0.3) is 0 Å². The normalized spacial score (nSPS) is 16.1. The first-order valence-electron chi connectivity index (χ1n) is 9.08. The van der Waals surface area contributed by atoms with Gasteiger partial charge in [0.15, 0.2) is 6.61 Å². The van der Waals surface area contributed by atoms with E-state index in [4.69, 9.17) is 4.74 Å². The number of urea groups is 1. The van der Waals surface area contributed by atoms with Crippen LogP contribution in [0.2, 0.25) is 0 Å². The summed E-state index contributed by atoms with van der Waals surface area (Å²) >= 11 is 0. The Hall–Kier alpha value is -2.90. The van der Waals surface area contributed by atoms with E-state index >= 15 is 0 Å². The lowest BCUT2D eigenvalue weighted by Crippen LogP contribution is -2.42. The minimum Gasteiger partial charge on any atom is -0.455 e. The van der Waals surface area contributed by atoms with Gasteiger partial charge in [-0.05, 0) is 30.5 Å². The number of anilines is 1. The summed E-state index contributed by atoms with van der Waals surface area (Å²) in [5.41, 5.74) is 1.90. The van der Waals surface area contributed by atoms with Gasteiger partial charge in [0.2, 0.25) is 5.91 Å². The number of benzene rings is 1. The molecule has 4 amide bonds. The molecule has 0 saturated carbocycles. The summed E-state index contributed by atoms with van der Waals surface area (Å²) in [7, 11) is 0. The van der Waals surface area contributed by atoms with Gasteiger partial charge < -0.3 is 15.0 Å². The SMILES string of the molecule is CCCNC(=O)NC(=O)COC(=O)[C@@H]1CC(=O)N(c2ccc(CC)cc2)C1. The summed E-state index contributed by atoms with van der Waals surface area (Å²) in [6.45, 7) is 4.02. The van der Waals surface area contributed by atoms with Gasteiger partial charge in [-0.1, -0.05) is 26.0 Å². The number of imide groups is 1. The molecule has 1 aromatic carbocycles. The van der Waals surface area contributed by atoms with Crippen LogP contribution < -0.4 is 15.5 Å². The Kier molecular flexibility index (Phi) is 7.34. The maximum absolute atomic E-state index is 12.2. The molecular weight excluding hydrogens is 350 g/mol. The molecule has 8 nitrogen and oxygen atoms in total. The lowest BCUT2D eigenvalue weighted by Gasteiger charge is -2.17. The van der Waals surface area contributed by atoms with Gasteiger partial charge in [0.05, 0.1) is 5.92 Å². The van der Waals surface area contributed by atoms with E-state index in [9.17, 15) is 19.2 Å². The van der Waals surface area contributed by atoms with Crippen molar-refractivity contribution in [3.05, 3.63) is 29.8 Å². The van der Waals surface area contributed by atoms with Crippen LogP contribution >= 0.6 is 0 Å². The molecule has 2 N–H and O–H groups in total. The average Bonchev–Trinajstić information content (AvgIpc) is 3.06. The molecule has 1 fully saturated rings. The van der Waals surface area contributed by atoms with Crippen molar-refractivity contribution in [1.82, 2.24) is 10.6 Å². The Morgan fingerprint density at radius 3 is 2.52 bits per heavy atom. The summed E-state index contributed by atoms with van der Waals surface area (Å²) in [6, 6.07) is 6.97. The van der Waals surface area contributed by atoms with Gasteiger partial charge in [0.25, 0.3) is 5.91 Å². The number of amides is 4. The van der Waals surface area contributed by atoms with Gasteiger partial charge >= 0.3 is 12.0 Å². The van der Waals surface area contributed by atoms with Crippen molar-refractivity contribution >= 4 is 29.5 Å². The molecule has 27 heavy (non-hydrogen) atoms. The van der Waals surface area contributed by atoms with Crippen molar-refractivity contribution in [2.75, 3.05) is 24.6 Å². The molecule has 1 heterocycles. The zero-order valence-electron chi connectivity index (χ0n) is 15.6. The first-order valence-corrected chi connectivity index (χ1v) is 9.08. The van der Waals surface area contributed by atoms with Crippen LogP contribution in [-0.2, 0) is 25.5 Å². The van der Waals surface area contributed by atoms with E-state index in [1.165, 1.54) is 0 Å². The van der Waals surface area contributed by atoms with E-state index in [1.807, 2.05) is 38.1 Å². The second-order valence-corrected chi connectivity index (χ2v) is 6.34. The Labute approximate surface area is 158 Å². The minimum absolute atomic E-state index is 0.0347. The summed E-state index contributed by atoms with van der Waals surface area (Å²) in [6.07, 6.45) is 1.68. The maximum atomic E-state index is 12.2.